The topological polar surface area (TPSA) is 9.23 Å². The Morgan fingerprint density at radius 2 is 2.00 bits per heavy atom. The first-order valence-corrected chi connectivity index (χ1v) is 4.43. The molecule has 0 saturated carbocycles. The third kappa shape index (κ3) is 3.01. The lowest BCUT2D eigenvalue weighted by molar-refractivity contribution is 0.294. The average molecular weight is 180 g/mol. The van der Waals surface area contributed by atoms with E-state index in [2.05, 4.69) is 0 Å². The smallest absolute Gasteiger partial charge is 0.159 e. The third-order valence-corrected chi connectivity index (χ3v) is 1.94. The molecule has 64 valence electrons. The first kappa shape index (κ1) is 9.20. The van der Waals surface area contributed by atoms with E-state index in [0.29, 0.717) is 11.7 Å². The van der Waals surface area contributed by atoms with Crippen molar-refractivity contribution in [3.63, 3.8) is 0 Å². The van der Waals surface area contributed by atoms with Gasteiger partial charge in [0.05, 0.1) is 0 Å². The van der Waals surface area contributed by atoms with Crippen LogP contribution in [0.1, 0.15) is 18.9 Å². The number of benzene rings is 1. The molecule has 0 unspecified atom stereocenters. The highest BCUT2D eigenvalue weighted by Gasteiger charge is 1.94. The molecule has 0 bridgehead atoms. The molecule has 1 aromatic carbocycles. The van der Waals surface area contributed by atoms with Gasteiger partial charge in [-0.15, -0.1) is 0 Å². The summed E-state index contributed by atoms with van der Waals surface area (Å²) in [6, 6.07) is 10.0. The Morgan fingerprint density at radius 1 is 1.33 bits per heavy atom. The normalized spacial score (nSPS) is 9.42. The van der Waals surface area contributed by atoms with E-state index in [9.17, 15) is 0 Å². The van der Waals surface area contributed by atoms with Gasteiger partial charge in [-0.3, -0.25) is 0 Å². The maximum atomic E-state index is 5.31. The molecule has 0 aliphatic rings. The van der Waals surface area contributed by atoms with Gasteiger partial charge in [-0.25, -0.2) is 0 Å². The molecule has 0 aliphatic heterocycles. The summed E-state index contributed by atoms with van der Waals surface area (Å²) in [6.45, 7) is 2.58. The molecular formula is C10H12OS. The summed E-state index contributed by atoms with van der Waals surface area (Å²) in [5, 5.41) is 0.679. The molecule has 0 spiro atoms. The van der Waals surface area contributed by atoms with Crippen molar-refractivity contribution in [2.75, 3.05) is 0 Å². The lowest BCUT2D eigenvalue weighted by Gasteiger charge is -2.04. The number of ether oxygens (including phenoxy) is 1. The SMILES string of the molecule is CCC(=S)OCc1ccccc1. The number of hydrogen-bond acceptors (Lipinski definition) is 2. The molecule has 0 aliphatic carbocycles. The van der Waals surface area contributed by atoms with Crippen molar-refractivity contribution in [1.82, 2.24) is 0 Å². The third-order valence-electron chi connectivity index (χ3n) is 1.53. The van der Waals surface area contributed by atoms with Gasteiger partial charge in [0.1, 0.15) is 6.61 Å². The molecule has 2 heteroatoms. The fraction of sp³-hybridized carbons (Fsp3) is 0.300. The molecule has 0 N–H and O–H groups in total. The second kappa shape index (κ2) is 4.88. The van der Waals surface area contributed by atoms with E-state index in [1.54, 1.807) is 0 Å². The predicted molar refractivity (Wildman–Crippen MR) is 54.1 cm³/mol. The van der Waals surface area contributed by atoms with Crippen LogP contribution >= 0.6 is 12.2 Å². The van der Waals surface area contributed by atoms with Crippen LogP contribution in [0, 0.1) is 0 Å². The number of hydrogen-bond donors (Lipinski definition) is 0. The maximum Gasteiger partial charge on any atom is 0.159 e. The predicted octanol–water partition coefficient (Wildman–Crippen LogP) is 2.94. The van der Waals surface area contributed by atoms with E-state index in [-0.39, 0.29) is 0 Å². The van der Waals surface area contributed by atoms with Crippen molar-refractivity contribution in [3.05, 3.63) is 35.9 Å². The fourth-order valence-corrected chi connectivity index (χ4v) is 0.899. The van der Waals surface area contributed by atoms with E-state index >= 15 is 0 Å². The van der Waals surface area contributed by atoms with Crippen molar-refractivity contribution in [3.8, 4) is 0 Å². The molecule has 0 aromatic heterocycles. The van der Waals surface area contributed by atoms with Crippen LogP contribution in [0.2, 0.25) is 0 Å². The lowest BCUT2D eigenvalue weighted by atomic mass is 10.2. The van der Waals surface area contributed by atoms with Gasteiger partial charge in [0, 0.05) is 6.42 Å². The highest BCUT2D eigenvalue weighted by atomic mass is 32.1. The van der Waals surface area contributed by atoms with Gasteiger partial charge in [0.2, 0.25) is 0 Å². The molecule has 1 rings (SSSR count). The lowest BCUT2D eigenvalue weighted by Crippen LogP contribution is -1.99. The Kier molecular flexibility index (Phi) is 3.74. The molecule has 0 radical (unpaired) electrons. The molecule has 0 heterocycles. The van der Waals surface area contributed by atoms with Crippen LogP contribution in [-0.2, 0) is 11.3 Å². The maximum absolute atomic E-state index is 5.31. The molecule has 1 aromatic rings. The van der Waals surface area contributed by atoms with Crippen LogP contribution in [0.4, 0.5) is 0 Å². The van der Waals surface area contributed by atoms with Crippen LogP contribution in [0.3, 0.4) is 0 Å². The van der Waals surface area contributed by atoms with Crippen LogP contribution in [0.15, 0.2) is 30.3 Å². The van der Waals surface area contributed by atoms with Gasteiger partial charge in [-0.1, -0.05) is 37.3 Å². The number of thiocarbonyl (C=S) groups is 1. The van der Waals surface area contributed by atoms with Crippen LogP contribution in [0.25, 0.3) is 0 Å². The summed E-state index contributed by atoms with van der Waals surface area (Å²) in [4.78, 5) is 0. The minimum atomic E-state index is 0.591. The highest BCUT2D eigenvalue weighted by Crippen LogP contribution is 2.01. The van der Waals surface area contributed by atoms with Crippen molar-refractivity contribution >= 4 is 17.3 Å². The first-order chi connectivity index (χ1) is 5.83. The second-order valence-electron chi connectivity index (χ2n) is 2.50. The van der Waals surface area contributed by atoms with E-state index in [4.69, 9.17) is 17.0 Å². The molecule has 0 atom stereocenters. The summed E-state index contributed by atoms with van der Waals surface area (Å²) in [5.74, 6) is 0. The Morgan fingerprint density at radius 3 is 2.58 bits per heavy atom. The minimum Gasteiger partial charge on any atom is -0.482 e. The standard InChI is InChI=1S/C10H12OS/c1-2-10(12)11-8-9-6-4-3-5-7-9/h3-7H,2,8H2,1H3. The zero-order valence-electron chi connectivity index (χ0n) is 7.12. The van der Waals surface area contributed by atoms with Crippen molar-refractivity contribution < 1.29 is 4.74 Å². The van der Waals surface area contributed by atoms with Gasteiger partial charge in [0.25, 0.3) is 0 Å². The Bertz CT molecular complexity index is 243. The van der Waals surface area contributed by atoms with Gasteiger partial charge in [-0.2, -0.15) is 0 Å². The van der Waals surface area contributed by atoms with Crippen LogP contribution in [0.5, 0.6) is 0 Å². The largest absolute Gasteiger partial charge is 0.482 e. The van der Waals surface area contributed by atoms with Gasteiger partial charge in [-0.05, 0) is 17.8 Å². The van der Waals surface area contributed by atoms with Gasteiger partial charge < -0.3 is 4.74 Å². The van der Waals surface area contributed by atoms with Crippen molar-refractivity contribution in [2.45, 2.75) is 20.0 Å². The van der Waals surface area contributed by atoms with E-state index in [1.165, 1.54) is 0 Å². The molecule has 1 nitrogen and oxygen atoms in total. The Hall–Kier alpha value is -0.890. The van der Waals surface area contributed by atoms with Crippen LogP contribution in [-0.4, -0.2) is 5.05 Å². The van der Waals surface area contributed by atoms with E-state index in [0.717, 1.165) is 12.0 Å². The van der Waals surface area contributed by atoms with E-state index < -0.39 is 0 Å². The molecule has 0 amide bonds. The highest BCUT2D eigenvalue weighted by molar-refractivity contribution is 7.80. The van der Waals surface area contributed by atoms with Crippen molar-refractivity contribution in [2.24, 2.45) is 0 Å². The van der Waals surface area contributed by atoms with Gasteiger partial charge >= 0.3 is 0 Å². The average Bonchev–Trinajstić information content (AvgIpc) is 2.16. The number of rotatable bonds is 3. The molecular weight excluding hydrogens is 168 g/mol. The fourth-order valence-electron chi connectivity index (χ4n) is 0.840. The Labute approximate surface area is 78.4 Å². The molecule has 0 fully saturated rings. The van der Waals surface area contributed by atoms with E-state index in [1.807, 2.05) is 37.3 Å². The zero-order valence-corrected chi connectivity index (χ0v) is 7.93. The summed E-state index contributed by atoms with van der Waals surface area (Å²) in [5.41, 5.74) is 1.16. The molecule has 12 heavy (non-hydrogen) atoms. The summed E-state index contributed by atoms with van der Waals surface area (Å²) in [6.07, 6.45) is 0.808. The Balaban J connectivity index is 2.38. The monoisotopic (exact) mass is 180 g/mol. The first-order valence-electron chi connectivity index (χ1n) is 4.02. The van der Waals surface area contributed by atoms with Gasteiger partial charge in [0.15, 0.2) is 5.05 Å². The second-order valence-corrected chi connectivity index (χ2v) is 2.96. The molecule has 0 saturated heterocycles. The van der Waals surface area contributed by atoms with Crippen LogP contribution < -0.4 is 0 Å². The summed E-state index contributed by atoms with van der Waals surface area (Å²) < 4.78 is 5.31. The minimum absolute atomic E-state index is 0.591. The summed E-state index contributed by atoms with van der Waals surface area (Å²) in [7, 11) is 0. The quantitative estimate of drug-likeness (QED) is 0.661. The summed E-state index contributed by atoms with van der Waals surface area (Å²) >= 11 is 4.93. The van der Waals surface area contributed by atoms with Crippen molar-refractivity contribution in [1.29, 1.82) is 0 Å². The zero-order chi connectivity index (χ0) is 8.81.